The molecule has 146 valence electrons. The number of rotatable bonds is 4. The first-order valence-electron chi connectivity index (χ1n) is 9.47. The summed E-state index contributed by atoms with van der Waals surface area (Å²) >= 11 is 5.79. The van der Waals surface area contributed by atoms with E-state index in [1.165, 1.54) is 5.56 Å². The first-order chi connectivity index (χ1) is 13.6. The largest absolute Gasteiger partial charge is 0.353 e. The normalized spacial score (nSPS) is 24.9. The van der Waals surface area contributed by atoms with Gasteiger partial charge in [0.05, 0.1) is 6.20 Å². The lowest BCUT2D eigenvalue weighted by Gasteiger charge is -2.21. The molecule has 0 bridgehead atoms. The topological polar surface area (TPSA) is 74.2 Å². The van der Waals surface area contributed by atoms with Crippen LogP contribution in [-0.2, 0) is 13.1 Å². The van der Waals surface area contributed by atoms with E-state index in [1.54, 1.807) is 6.20 Å². The molecule has 2 aromatic heterocycles. The Hall–Kier alpha value is -2.48. The number of fused-ring (bicyclic) bond motifs is 2. The summed E-state index contributed by atoms with van der Waals surface area (Å²) in [7, 11) is 0. The third-order valence-electron chi connectivity index (χ3n) is 6.14. The molecule has 3 atom stereocenters. The van der Waals surface area contributed by atoms with E-state index >= 15 is 0 Å². The number of nitrogens with one attached hydrogen (secondary N) is 1. The Morgan fingerprint density at radius 3 is 2.82 bits per heavy atom. The summed E-state index contributed by atoms with van der Waals surface area (Å²) in [5, 5.41) is 3.10. The number of urea groups is 1. The Bertz CT molecular complexity index is 890. The van der Waals surface area contributed by atoms with Crippen LogP contribution in [0.5, 0.6) is 0 Å². The zero-order valence-electron chi connectivity index (χ0n) is 15.2. The van der Waals surface area contributed by atoms with Crippen molar-refractivity contribution in [2.45, 2.75) is 19.5 Å². The molecule has 0 aromatic carbocycles. The van der Waals surface area contributed by atoms with Crippen LogP contribution in [0.25, 0.3) is 0 Å². The van der Waals surface area contributed by atoms with E-state index in [-0.39, 0.29) is 11.3 Å². The van der Waals surface area contributed by atoms with Crippen LogP contribution < -0.4 is 10.2 Å². The molecular weight excluding hydrogens is 383 g/mol. The predicted molar refractivity (Wildman–Crippen MR) is 101 cm³/mol. The van der Waals surface area contributed by atoms with Crippen molar-refractivity contribution in [3.63, 3.8) is 0 Å². The Morgan fingerprint density at radius 1 is 1.25 bits per heavy atom. The molecular formula is C19H20ClFN6O. The van der Waals surface area contributed by atoms with Crippen LogP contribution in [0.4, 0.5) is 15.0 Å². The second kappa shape index (κ2) is 6.84. The van der Waals surface area contributed by atoms with Crippen LogP contribution in [-0.4, -0.2) is 45.5 Å². The van der Waals surface area contributed by atoms with E-state index in [1.807, 2.05) is 22.1 Å². The van der Waals surface area contributed by atoms with E-state index in [4.69, 9.17) is 11.6 Å². The number of carbonyl (C=O) groups is 1. The summed E-state index contributed by atoms with van der Waals surface area (Å²) in [5.41, 5.74) is 2.28. The van der Waals surface area contributed by atoms with Gasteiger partial charge < -0.3 is 15.1 Å². The van der Waals surface area contributed by atoms with E-state index in [0.29, 0.717) is 43.2 Å². The van der Waals surface area contributed by atoms with Crippen molar-refractivity contribution in [2.75, 3.05) is 24.5 Å². The first kappa shape index (κ1) is 17.6. The quantitative estimate of drug-likeness (QED) is 0.795. The van der Waals surface area contributed by atoms with Gasteiger partial charge in [0.2, 0.25) is 5.28 Å². The molecule has 2 amide bonds. The molecule has 1 aliphatic carbocycles. The lowest BCUT2D eigenvalue weighted by Crippen LogP contribution is -2.37. The lowest BCUT2D eigenvalue weighted by atomic mass is 10.2. The summed E-state index contributed by atoms with van der Waals surface area (Å²) in [4.78, 5) is 27.9. The molecule has 1 saturated heterocycles. The first-order valence-corrected chi connectivity index (χ1v) is 9.85. The van der Waals surface area contributed by atoms with Gasteiger partial charge in [-0.05, 0) is 53.0 Å². The maximum Gasteiger partial charge on any atom is 0.318 e. The molecule has 1 N–H and O–H groups in total. The van der Waals surface area contributed by atoms with Crippen molar-refractivity contribution in [3.05, 3.63) is 46.9 Å². The Morgan fingerprint density at radius 2 is 2.04 bits per heavy atom. The highest BCUT2D eigenvalue weighted by Crippen LogP contribution is 2.54. The average Bonchev–Trinajstić information content (AvgIpc) is 3.05. The van der Waals surface area contributed by atoms with Gasteiger partial charge in [-0.15, -0.1) is 0 Å². The summed E-state index contributed by atoms with van der Waals surface area (Å²) in [6.07, 6.45) is 5.66. The SMILES string of the molecule is O=C(NCC[C@@H]1[C@H]2CN(c3nc(Cl)ncc3F)C[C@@H]12)N1Cc2ccncc2C1. The van der Waals surface area contributed by atoms with Gasteiger partial charge in [-0.25, -0.2) is 14.2 Å². The van der Waals surface area contributed by atoms with Gasteiger partial charge in [-0.3, -0.25) is 4.98 Å². The van der Waals surface area contributed by atoms with Crippen LogP contribution in [0.1, 0.15) is 17.5 Å². The molecule has 2 fully saturated rings. The third kappa shape index (κ3) is 3.15. The summed E-state index contributed by atoms with van der Waals surface area (Å²) in [6, 6.07) is 1.94. The number of carbonyl (C=O) groups excluding carboxylic acids is 1. The highest BCUT2D eigenvalue weighted by atomic mass is 35.5. The lowest BCUT2D eigenvalue weighted by molar-refractivity contribution is 0.198. The number of aromatic nitrogens is 3. The van der Waals surface area contributed by atoms with Crippen LogP contribution in [0.15, 0.2) is 24.7 Å². The van der Waals surface area contributed by atoms with E-state index in [2.05, 4.69) is 20.3 Å². The fraction of sp³-hybridized carbons (Fsp3) is 0.474. The molecule has 3 aliphatic rings. The predicted octanol–water partition coefficient (Wildman–Crippen LogP) is 2.46. The molecule has 5 rings (SSSR count). The van der Waals surface area contributed by atoms with Gasteiger partial charge >= 0.3 is 6.03 Å². The maximum atomic E-state index is 13.9. The number of hydrogen-bond acceptors (Lipinski definition) is 5. The molecule has 0 radical (unpaired) electrons. The molecule has 7 nitrogen and oxygen atoms in total. The standard InChI is InChI=1S/C19H20ClFN6O/c20-18-24-6-16(21)17(25-18)26-9-14-13(15(14)10-26)2-4-23-19(28)27-7-11-1-3-22-5-12(11)8-27/h1,3,5-6,13-15H,2,4,7-10H2,(H,23,28)/t13-,14-,15+. The minimum atomic E-state index is -0.434. The minimum absolute atomic E-state index is 0.0265. The monoisotopic (exact) mass is 402 g/mol. The Balaban J connectivity index is 1.07. The van der Waals surface area contributed by atoms with Crippen molar-refractivity contribution in [1.82, 2.24) is 25.2 Å². The fourth-order valence-corrected chi connectivity index (χ4v) is 4.76. The molecule has 1 saturated carbocycles. The number of pyridine rings is 1. The number of anilines is 1. The highest BCUT2D eigenvalue weighted by molar-refractivity contribution is 6.28. The zero-order chi connectivity index (χ0) is 19.3. The molecule has 2 aromatic rings. The van der Waals surface area contributed by atoms with Gasteiger partial charge in [-0.1, -0.05) is 0 Å². The smallest absolute Gasteiger partial charge is 0.318 e. The molecule has 2 aliphatic heterocycles. The van der Waals surface area contributed by atoms with E-state index in [9.17, 15) is 9.18 Å². The molecule has 4 heterocycles. The van der Waals surface area contributed by atoms with Crippen molar-refractivity contribution >= 4 is 23.4 Å². The van der Waals surface area contributed by atoms with Crippen LogP contribution in [0.3, 0.4) is 0 Å². The maximum absolute atomic E-state index is 13.9. The van der Waals surface area contributed by atoms with E-state index in [0.717, 1.165) is 31.3 Å². The van der Waals surface area contributed by atoms with Crippen LogP contribution in [0.2, 0.25) is 5.28 Å². The van der Waals surface area contributed by atoms with Crippen molar-refractivity contribution in [2.24, 2.45) is 17.8 Å². The second-order valence-corrected chi connectivity index (χ2v) is 8.07. The Labute approximate surface area is 166 Å². The number of nitrogens with zero attached hydrogens (tertiary/aromatic N) is 5. The average molecular weight is 403 g/mol. The highest BCUT2D eigenvalue weighted by Gasteiger charge is 2.55. The number of amides is 2. The van der Waals surface area contributed by atoms with Crippen molar-refractivity contribution in [1.29, 1.82) is 0 Å². The number of piperidine rings is 1. The van der Waals surface area contributed by atoms with Gasteiger partial charge in [0, 0.05) is 45.1 Å². The fourth-order valence-electron chi connectivity index (χ4n) is 4.63. The number of hydrogen-bond donors (Lipinski definition) is 1. The molecule has 0 unspecified atom stereocenters. The molecule has 0 spiro atoms. The Kier molecular flexibility index (Phi) is 4.30. The zero-order valence-corrected chi connectivity index (χ0v) is 15.9. The van der Waals surface area contributed by atoms with Gasteiger partial charge in [0.1, 0.15) is 0 Å². The molecule has 9 heteroatoms. The van der Waals surface area contributed by atoms with Crippen molar-refractivity contribution < 1.29 is 9.18 Å². The summed E-state index contributed by atoms with van der Waals surface area (Å²) < 4.78 is 13.9. The van der Waals surface area contributed by atoms with Gasteiger partial charge in [-0.2, -0.15) is 4.98 Å². The van der Waals surface area contributed by atoms with E-state index < -0.39 is 5.82 Å². The molecule has 28 heavy (non-hydrogen) atoms. The summed E-state index contributed by atoms with van der Waals surface area (Å²) in [5.74, 6) is 1.51. The number of halogens is 2. The minimum Gasteiger partial charge on any atom is -0.353 e. The van der Waals surface area contributed by atoms with Gasteiger partial charge in [0.15, 0.2) is 11.6 Å². The van der Waals surface area contributed by atoms with Crippen molar-refractivity contribution in [3.8, 4) is 0 Å². The van der Waals surface area contributed by atoms with Crippen LogP contribution >= 0.6 is 11.6 Å². The third-order valence-corrected chi connectivity index (χ3v) is 6.32. The second-order valence-electron chi connectivity index (χ2n) is 7.73. The van der Waals surface area contributed by atoms with Gasteiger partial charge in [0.25, 0.3) is 0 Å². The van der Waals surface area contributed by atoms with Crippen LogP contribution in [0, 0.1) is 23.6 Å². The summed E-state index contributed by atoms with van der Waals surface area (Å²) in [6.45, 7) is 3.48.